The number of hydrogen-bond acceptors (Lipinski definition) is 5. The molecule has 1 N–H and O–H groups in total. The van der Waals surface area contributed by atoms with E-state index >= 15 is 0 Å². The van der Waals surface area contributed by atoms with Crippen LogP contribution < -0.4 is 10.2 Å². The molecule has 0 radical (unpaired) electrons. The van der Waals surface area contributed by atoms with Gasteiger partial charge in [0, 0.05) is 49.1 Å². The molecule has 0 unspecified atom stereocenters. The fourth-order valence-electron chi connectivity index (χ4n) is 3.90. The zero-order valence-corrected chi connectivity index (χ0v) is 17.3. The van der Waals surface area contributed by atoms with Crippen LogP contribution in [-0.4, -0.2) is 47.9 Å². The molecule has 4 rings (SSSR count). The molecule has 1 aromatic heterocycles. The zero-order chi connectivity index (χ0) is 20.4. The second kappa shape index (κ2) is 8.49. The van der Waals surface area contributed by atoms with Gasteiger partial charge in [-0.2, -0.15) is 0 Å². The second-order valence-electron chi connectivity index (χ2n) is 7.53. The van der Waals surface area contributed by atoms with Crippen LogP contribution in [0.15, 0.2) is 24.3 Å². The molecule has 1 aliphatic heterocycles. The number of nitrogens with one attached hydrogen (secondary N) is 1. The van der Waals surface area contributed by atoms with E-state index in [2.05, 4.69) is 10.2 Å². The molecule has 0 spiro atoms. The van der Waals surface area contributed by atoms with Crippen molar-refractivity contribution in [1.29, 1.82) is 0 Å². The number of anilines is 2. The lowest BCUT2D eigenvalue weighted by molar-refractivity contribution is -0.131. The Morgan fingerprint density at radius 2 is 2.07 bits per heavy atom. The van der Waals surface area contributed by atoms with Gasteiger partial charge in [-0.1, -0.05) is 13.0 Å². The van der Waals surface area contributed by atoms with Crippen molar-refractivity contribution in [3.05, 3.63) is 40.7 Å². The SMILES string of the molecule is CCC(=O)N1CCN(c2nc3c(s2)C[C@H](C(=O)Nc2cccc(F)c2)CC3)CC1. The van der Waals surface area contributed by atoms with Gasteiger partial charge in [0.2, 0.25) is 11.8 Å². The first-order valence-electron chi connectivity index (χ1n) is 10.1. The Kier molecular flexibility index (Phi) is 5.80. The second-order valence-corrected chi connectivity index (χ2v) is 8.59. The molecule has 8 heteroatoms. The van der Waals surface area contributed by atoms with Crippen LogP contribution >= 0.6 is 11.3 Å². The topological polar surface area (TPSA) is 65.5 Å². The third-order valence-corrected chi connectivity index (χ3v) is 6.78. The van der Waals surface area contributed by atoms with Crippen LogP contribution in [0.2, 0.25) is 0 Å². The Labute approximate surface area is 173 Å². The summed E-state index contributed by atoms with van der Waals surface area (Å²) >= 11 is 1.66. The van der Waals surface area contributed by atoms with Crippen molar-refractivity contribution < 1.29 is 14.0 Å². The molecule has 2 heterocycles. The molecule has 1 aromatic carbocycles. The van der Waals surface area contributed by atoms with Crippen molar-refractivity contribution >= 4 is 34.0 Å². The predicted octanol–water partition coefficient (Wildman–Crippen LogP) is 3.08. The zero-order valence-electron chi connectivity index (χ0n) is 16.5. The normalized spacial score (nSPS) is 19.0. The maximum Gasteiger partial charge on any atom is 0.227 e. The molecule has 2 aromatic rings. The first-order valence-corrected chi connectivity index (χ1v) is 10.9. The highest BCUT2D eigenvalue weighted by atomic mass is 32.1. The molecule has 2 aliphatic rings. The molecule has 1 atom stereocenters. The molecule has 2 amide bonds. The number of aromatic nitrogens is 1. The van der Waals surface area contributed by atoms with E-state index in [1.54, 1.807) is 23.5 Å². The number of amides is 2. The van der Waals surface area contributed by atoms with E-state index in [0.29, 0.717) is 18.5 Å². The summed E-state index contributed by atoms with van der Waals surface area (Å²) in [7, 11) is 0. The van der Waals surface area contributed by atoms with Crippen molar-refractivity contribution in [2.24, 2.45) is 5.92 Å². The quantitative estimate of drug-likeness (QED) is 0.832. The van der Waals surface area contributed by atoms with Crippen molar-refractivity contribution in [3.63, 3.8) is 0 Å². The Balaban J connectivity index is 1.37. The lowest BCUT2D eigenvalue weighted by Gasteiger charge is -2.34. The minimum Gasteiger partial charge on any atom is -0.345 e. The molecule has 0 bridgehead atoms. The van der Waals surface area contributed by atoms with Gasteiger partial charge in [0.05, 0.1) is 5.69 Å². The lowest BCUT2D eigenvalue weighted by atomic mass is 9.90. The molecule has 0 saturated carbocycles. The average molecular weight is 417 g/mol. The average Bonchev–Trinajstić information content (AvgIpc) is 3.16. The molecule has 29 heavy (non-hydrogen) atoms. The summed E-state index contributed by atoms with van der Waals surface area (Å²) in [5.41, 5.74) is 1.58. The number of halogens is 1. The molecule has 1 saturated heterocycles. The summed E-state index contributed by atoms with van der Waals surface area (Å²) < 4.78 is 13.3. The molecular formula is C21H25FN4O2S. The number of rotatable bonds is 4. The first-order chi connectivity index (χ1) is 14.0. The number of fused-ring (bicyclic) bond motifs is 1. The monoisotopic (exact) mass is 416 g/mol. The Bertz CT molecular complexity index is 908. The van der Waals surface area contributed by atoms with Crippen molar-refractivity contribution in [1.82, 2.24) is 9.88 Å². The molecule has 1 fully saturated rings. The van der Waals surface area contributed by atoms with Gasteiger partial charge >= 0.3 is 0 Å². The summed E-state index contributed by atoms with van der Waals surface area (Å²) in [5, 5.41) is 3.82. The van der Waals surface area contributed by atoms with Gasteiger partial charge in [-0.05, 0) is 37.5 Å². The molecule has 6 nitrogen and oxygen atoms in total. The van der Waals surface area contributed by atoms with E-state index in [0.717, 1.165) is 54.7 Å². The van der Waals surface area contributed by atoms with Gasteiger partial charge in [-0.15, -0.1) is 11.3 Å². The Hall–Kier alpha value is -2.48. The van der Waals surface area contributed by atoms with Crippen molar-refractivity contribution in [2.75, 3.05) is 36.4 Å². The predicted molar refractivity (Wildman–Crippen MR) is 112 cm³/mol. The fraction of sp³-hybridized carbons (Fsp3) is 0.476. The third kappa shape index (κ3) is 4.42. The molecule has 1 aliphatic carbocycles. The Morgan fingerprint density at radius 1 is 1.28 bits per heavy atom. The number of carbonyl (C=O) groups excluding carboxylic acids is 2. The van der Waals surface area contributed by atoms with Crippen LogP contribution in [0.1, 0.15) is 30.3 Å². The first kappa shape index (κ1) is 19.8. The number of hydrogen-bond donors (Lipinski definition) is 1. The largest absolute Gasteiger partial charge is 0.345 e. The van der Waals surface area contributed by atoms with Crippen LogP contribution in [0.25, 0.3) is 0 Å². The number of aryl methyl sites for hydroxylation is 1. The van der Waals surface area contributed by atoms with E-state index in [9.17, 15) is 14.0 Å². The fourth-order valence-corrected chi connectivity index (χ4v) is 5.14. The van der Waals surface area contributed by atoms with Gasteiger partial charge in [0.25, 0.3) is 0 Å². The number of piperazine rings is 1. The maximum atomic E-state index is 13.3. The number of nitrogens with zero attached hydrogens (tertiary/aromatic N) is 3. The van der Waals surface area contributed by atoms with Gasteiger partial charge in [0.1, 0.15) is 5.82 Å². The van der Waals surface area contributed by atoms with Crippen LogP contribution in [-0.2, 0) is 22.4 Å². The Morgan fingerprint density at radius 3 is 2.79 bits per heavy atom. The van der Waals surface area contributed by atoms with Crippen LogP contribution in [0.3, 0.4) is 0 Å². The van der Waals surface area contributed by atoms with Gasteiger partial charge in [-0.25, -0.2) is 9.37 Å². The highest BCUT2D eigenvalue weighted by Crippen LogP contribution is 2.35. The smallest absolute Gasteiger partial charge is 0.227 e. The third-order valence-electron chi connectivity index (χ3n) is 5.60. The van der Waals surface area contributed by atoms with E-state index in [4.69, 9.17) is 4.98 Å². The van der Waals surface area contributed by atoms with E-state index in [-0.39, 0.29) is 23.5 Å². The van der Waals surface area contributed by atoms with E-state index in [1.807, 2.05) is 11.8 Å². The van der Waals surface area contributed by atoms with Crippen LogP contribution in [0.5, 0.6) is 0 Å². The van der Waals surface area contributed by atoms with E-state index in [1.165, 1.54) is 12.1 Å². The van der Waals surface area contributed by atoms with E-state index < -0.39 is 0 Å². The maximum absolute atomic E-state index is 13.3. The van der Waals surface area contributed by atoms with Gasteiger partial charge in [-0.3, -0.25) is 9.59 Å². The minimum absolute atomic E-state index is 0.0668. The highest BCUT2D eigenvalue weighted by Gasteiger charge is 2.29. The summed E-state index contributed by atoms with van der Waals surface area (Å²) in [6.45, 7) is 4.94. The van der Waals surface area contributed by atoms with Crippen LogP contribution in [0, 0.1) is 11.7 Å². The van der Waals surface area contributed by atoms with Crippen molar-refractivity contribution in [3.8, 4) is 0 Å². The standard InChI is InChI=1S/C21H25FN4O2S/c1-2-19(27)25-8-10-26(11-9-25)21-24-17-7-6-14(12-18(17)29-21)20(28)23-16-5-3-4-15(22)13-16/h3-5,13-14H,2,6-12H2,1H3,(H,23,28)/t14-/m1/s1. The van der Waals surface area contributed by atoms with Crippen molar-refractivity contribution in [2.45, 2.75) is 32.6 Å². The molecular weight excluding hydrogens is 391 g/mol. The molecule has 154 valence electrons. The highest BCUT2D eigenvalue weighted by molar-refractivity contribution is 7.15. The summed E-state index contributed by atoms with van der Waals surface area (Å²) in [5.74, 6) is -0.349. The number of benzene rings is 1. The summed E-state index contributed by atoms with van der Waals surface area (Å²) in [6.07, 6.45) is 2.74. The lowest BCUT2D eigenvalue weighted by Crippen LogP contribution is -2.48. The summed E-state index contributed by atoms with van der Waals surface area (Å²) in [4.78, 5) is 34.6. The number of thiazole rings is 1. The minimum atomic E-state index is -0.360. The van der Waals surface area contributed by atoms with Gasteiger partial charge < -0.3 is 15.1 Å². The number of carbonyl (C=O) groups is 2. The van der Waals surface area contributed by atoms with Gasteiger partial charge in [0.15, 0.2) is 5.13 Å². The van der Waals surface area contributed by atoms with Crippen LogP contribution in [0.4, 0.5) is 15.2 Å². The summed E-state index contributed by atoms with van der Waals surface area (Å²) in [6, 6.07) is 5.98.